The van der Waals surface area contributed by atoms with Crippen LogP contribution in [0.3, 0.4) is 0 Å². The number of para-hydroxylation sites is 2. The fourth-order valence-corrected chi connectivity index (χ4v) is 8.30. The smallest absolute Gasteiger partial charge is 0.161 e. The number of hydrogen-bond acceptors (Lipinski definition) is 4. The number of phenolic OH excluding ortho intramolecular Hbond substituents is 1. The molecule has 0 saturated carbocycles. The normalized spacial score (nSPS) is 12.6. The highest BCUT2D eigenvalue weighted by Crippen LogP contribution is 2.46. The Morgan fingerprint density at radius 1 is 0.542 bits per heavy atom. The van der Waals surface area contributed by atoms with Gasteiger partial charge in [-0.1, -0.05) is 153 Å². The summed E-state index contributed by atoms with van der Waals surface area (Å²) in [5.74, 6) is 0.940. The number of benzene rings is 6. The predicted octanol–water partition coefficient (Wildman–Crippen LogP) is 14.6. The highest BCUT2D eigenvalue weighted by atomic mass is 16.3. The Bertz CT molecular complexity index is 3050. The molecule has 294 valence electrons. The number of aromatic hydroxyl groups is 1. The van der Waals surface area contributed by atoms with E-state index in [2.05, 4.69) is 176 Å². The van der Waals surface area contributed by atoms with Crippen molar-refractivity contribution in [1.29, 1.82) is 0 Å². The number of hydrogen-bond donors (Lipinski definition) is 1. The second-order valence-corrected chi connectivity index (χ2v) is 18.9. The van der Waals surface area contributed by atoms with Crippen molar-refractivity contribution in [3.63, 3.8) is 0 Å². The van der Waals surface area contributed by atoms with E-state index < -0.39 is 0 Å². The Morgan fingerprint density at radius 2 is 1.22 bits per heavy atom. The number of rotatable bonds is 5. The molecule has 0 aliphatic rings. The van der Waals surface area contributed by atoms with Crippen LogP contribution >= 0.6 is 0 Å². The first-order valence-electron chi connectivity index (χ1n) is 20.5. The van der Waals surface area contributed by atoms with Crippen molar-refractivity contribution in [3.8, 4) is 56.3 Å². The standard InChI is InChI=1S/C54H51N3O2/c1-52(2,3)36-25-26-44(41(30-36)33-17-11-10-12-18-33)57-45-23-16-22-38(48(45)56-51(57)42-31-37(53(4,5)6)32-43(49(42)58)54(7,8)9)34-19-15-20-35(29-34)47-50-40(27-28-55-47)39-21-13-14-24-46(39)59-50/h10-32,58H,1-9H3. The molecule has 0 saturated heterocycles. The van der Waals surface area contributed by atoms with Gasteiger partial charge in [0.25, 0.3) is 0 Å². The minimum absolute atomic E-state index is 0.0669. The van der Waals surface area contributed by atoms with Crippen molar-refractivity contribution < 1.29 is 9.52 Å². The Balaban J connectivity index is 1.34. The van der Waals surface area contributed by atoms with Gasteiger partial charge in [0.05, 0.1) is 22.3 Å². The molecule has 0 atom stereocenters. The van der Waals surface area contributed by atoms with Gasteiger partial charge in [0, 0.05) is 39.2 Å². The summed E-state index contributed by atoms with van der Waals surface area (Å²) in [7, 11) is 0. The molecule has 0 amide bonds. The van der Waals surface area contributed by atoms with Gasteiger partial charge in [-0.2, -0.15) is 0 Å². The number of furan rings is 1. The van der Waals surface area contributed by atoms with Gasteiger partial charge in [-0.3, -0.25) is 9.55 Å². The third-order valence-electron chi connectivity index (χ3n) is 11.6. The summed E-state index contributed by atoms with van der Waals surface area (Å²) in [4.78, 5) is 10.5. The van der Waals surface area contributed by atoms with Crippen LogP contribution in [0.1, 0.15) is 79.0 Å². The van der Waals surface area contributed by atoms with Gasteiger partial charge in [-0.15, -0.1) is 0 Å². The van der Waals surface area contributed by atoms with Crippen LogP contribution in [0.25, 0.3) is 83.6 Å². The van der Waals surface area contributed by atoms with E-state index in [1.54, 1.807) is 0 Å². The average Bonchev–Trinajstić information content (AvgIpc) is 3.79. The maximum atomic E-state index is 12.4. The highest BCUT2D eigenvalue weighted by molar-refractivity contribution is 6.09. The topological polar surface area (TPSA) is 64.1 Å². The molecule has 0 aliphatic heterocycles. The van der Waals surface area contributed by atoms with E-state index in [4.69, 9.17) is 14.4 Å². The maximum Gasteiger partial charge on any atom is 0.161 e. The lowest BCUT2D eigenvalue weighted by molar-refractivity contribution is 0.446. The number of phenols is 1. The molecule has 0 bridgehead atoms. The molecule has 6 aromatic carbocycles. The molecule has 9 aromatic rings. The molecular weight excluding hydrogens is 723 g/mol. The van der Waals surface area contributed by atoms with Gasteiger partial charge in [0.15, 0.2) is 5.58 Å². The third-order valence-corrected chi connectivity index (χ3v) is 11.6. The number of aromatic nitrogens is 3. The summed E-state index contributed by atoms with van der Waals surface area (Å²) >= 11 is 0. The van der Waals surface area contributed by atoms with Crippen molar-refractivity contribution in [2.45, 2.75) is 78.6 Å². The maximum absolute atomic E-state index is 12.4. The highest BCUT2D eigenvalue weighted by Gasteiger charge is 2.30. The number of fused-ring (bicyclic) bond motifs is 4. The van der Waals surface area contributed by atoms with Gasteiger partial charge >= 0.3 is 0 Å². The van der Waals surface area contributed by atoms with E-state index in [0.29, 0.717) is 11.4 Å². The van der Waals surface area contributed by atoms with Gasteiger partial charge in [0.1, 0.15) is 22.9 Å². The van der Waals surface area contributed by atoms with Crippen LogP contribution in [0.5, 0.6) is 5.75 Å². The Labute approximate surface area is 347 Å². The van der Waals surface area contributed by atoms with Crippen LogP contribution in [-0.2, 0) is 16.2 Å². The molecule has 3 heterocycles. The molecule has 0 radical (unpaired) electrons. The first-order chi connectivity index (χ1) is 28.1. The SMILES string of the molecule is CC(C)(C)c1ccc(-n2c(-c3cc(C(C)(C)C)cc(C(C)(C)C)c3O)nc3c(-c4cccc(-c5nccc6c5oc5ccccc56)c4)cccc32)c(-c2ccccc2)c1. The van der Waals surface area contributed by atoms with Gasteiger partial charge in [-0.25, -0.2) is 4.98 Å². The largest absolute Gasteiger partial charge is 0.507 e. The zero-order valence-corrected chi connectivity index (χ0v) is 35.5. The van der Waals surface area contributed by atoms with Crippen LogP contribution in [-0.4, -0.2) is 19.6 Å². The Kier molecular flexibility index (Phi) is 8.93. The lowest BCUT2D eigenvalue weighted by Gasteiger charge is -2.28. The molecule has 5 heteroatoms. The molecule has 0 aliphatic carbocycles. The van der Waals surface area contributed by atoms with Crippen LogP contribution < -0.4 is 0 Å². The van der Waals surface area contributed by atoms with E-state index in [-0.39, 0.29) is 22.0 Å². The monoisotopic (exact) mass is 773 g/mol. The molecule has 0 spiro atoms. The summed E-state index contributed by atoms with van der Waals surface area (Å²) < 4.78 is 8.69. The number of pyridine rings is 1. The van der Waals surface area contributed by atoms with E-state index in [1.165, 1.54) is 5.56 Å². The minimum atomic E-state index is -0.317. The molecule has 3 aromatic heterocycles. The number of nitrogens with zero attached hydrogens (tertiary/aromatic N) is 3. The second-order valence-electron chi connectivity index (χ2n) is 18.9. The Morgan fingerprint density at radius 3 is 1.97 bits per heavy atom. The lowest BCUT2D eigenvalue weighted by Crippen LogP contribution is -2.17. The minimum Gasteiger partial charge on any atom is -0.507 e. The lowest BCUT2D eigenvalue weighted by atomic mass is 9.79. The van der Waals surface area contributed by atoms with Gasteiger partial charge in [0.2, 0.25) is 0 Å². The van der Waals surface area contributed by atoms with E-state index >= 15 is 0 Å². The number of imidazole rings is 1. The van der Waals surface area contributed by atoms with E-state index in [1.807, 2.05) is 30.5 Å². The molecule has 59 heavy (non-hydrogen) atoms. The zero-order valence-electron chi connectivity index (χ0n) is 35.5. The Hall–Kier alpha value is -6.46. The predicted molar refractivity (Wildman–Crippen MR) is 246 cm³/mol. The first kappa shape index (κ1) is 38.1. The summed E-state index contributed by atoms with van der Waals surface area (Å²) in [6.45, 7) is 19.9. The molecule has 0 unspecified atom stereocenters. The van der Waals surface area contributed by atoms with Crippen molar-refractivity contribution in [3.05, 3.63) is 156 Å². The fourth-order valence-electron chi connectivity index (χ4n) is 8.30. The van der Waals surface area contributed by atoms with Crippen LogP contribution in [0.2, 0.25) is 0 Å². The van der Waals surface area contributed by atoms with Crippen molar-refractivity contribution in [2.75, 3.05) is 0 Å². The summed E-state index contributed by atoms with van der Waals surface area (Å²) in [5.41, 5.74) is 13.8. The van der Waals surface area contributed by atoms with Crippen molar-refractivity contribution in [1.82, 2.24) is 14.5 Å². The van der Waals surface area contributed by atoms with Gasteiger partial charge in [-0.05, 0) is 81.0 Å². The second kappa shape index (κ2) is 13.8. The quantitative estimate of drug-likeness (QED) is 0.189. The van der Waals surface area contributed by atoms with E-state index in [0.717, 1.165) is 83.3 Å². The van der Waals surface area contributed by atoms with Crippen LogP contribution in [0, 0.1) is 0 Å². The summed E-state index contributed by atoms with van der Waals surface area (Å²) in [5, 5.41) is 14.5. The van der Waals surface area contributed by atoms with Crippen molar-refractivity contribution in [2.24, 2.45) is 0 Å². The van der Waals surface area contributed by atoms with Crippen LogP contribution in [0.15, 0.2) is 144 Å². The first-order valence-corrected chi connectivity index (χ1v) is 20.5. The molecular formula is C54H51N3O2. The van der Waals surface area contributed by atoms with Crippen molar-refractivity contribution >= 4 is 33.0 Å². The molecule has 5 nitrogen and oxygen atoms in total. The summed E-state index contributed by atoms with van der Waals surface area (Å²) in [6, 6.07) is 46.8. The third kappa shape index (κ3) is 6.69. The van der Waals surface area contributed by atoms with E-state index in [9.17, 15) is 5.11 Å². The van der Waals surface area contributed by atoms with Gasteiger partial charge < -0.3 is 9.52 Å². The molecule has 1 N–H and O–H groups in total. The fraction of sp³-hybridized carbons (Fsp3) is 0.222. The molecule has 9 rings (SSSR count). The van der Waals surface area contributed by atoms with Crippen LogP contribution in [0.4, 0.5) is 0 Å². The summed E-state index contributed by atoms with van der Waals surface area (Å²) in [6.07, 6.45) is 1.86. The molecule has 0 fully saturated rings. The average molecular weight is 774 g/mol. The zero-order chi connectivity index (χ0) is 41.4.